The molecule has 4 aromatic rings. The first kappa shape index (κ1) is 15.8. The number of aromatic nitrogens is 3. The first-order valence-corrected chi connectivity index (χ1v) is 8.99. The molecule has 0 spiro atoms. The van der Waals surface area contributed by atoms with Crippen LogP contribution in [0.5, 0.6) is 5.75 Å². The number of benzene rings is 1. The van der Waals surface area contributed by atoms with E-state index in [0.717, 1.165) is 39.8 Å². The predicted octanol–water partition coefficient (Wildman–Crippen LogP) is 4.67. The Bertz CT molecular complexity index is 1030. The highest BCUT2D eigenvalue weighted by Crippen LogP contribution is 2.30. The summed E-state index contributed by atoms with van der Waals surface area (Å²) in [6.07, 6.45) is 4.88. The Kier molecular flexibility index (Phi) is 4.01. The van der Waals surface area contributed by atoms with Crippen LogP contribution in [0.4, 0.5) is 0 Å². The summed E-state index contributed by atoms with van der Waals surface area (Å²) >= 11 is 1.74. The SMILES string of the molecule is COc1ccc(-c2nc(Cc3cn4cccc(C)c4n3)sc2C)cc1. The molecule has 3 aromatic heterocycles. The normalized spacial score (nSPS) is 11.2. The van der Waals surface area contributed by atoms with Gasteiger partial charge in [-0.2, -0.15) is 0 Å². The number of hydrogen-bond donors (Lipinski definition) is 0. The second-order valence-corrected chi connectivity index (χ2v) is 7.36. The highest BCUT2D eigenvalue weighted by atomic mass is 32.1. The number of pyridine rings is 1. The third-order valence-corrected chi connectivity index (χ3v) is 5.24. The van der Waals surface area contributed by atoms with Crippen molar-refractivity contribution in [2.75, 3.05) is 7.11 Å². The lowest BCUT2D eigenvalue weighted by Gasteiger charge is -2.01. The maximum absolute atomic E-state index is 5.23. The van der Waals surface area contributed by atoms with E-state index in [1.807, 2.05) is 24.4 Å². The van der Waals surface area contributed by atoms with Gasteiger partial charge in [-0.1, -0.05) is 6.07 Å². The van der Waals surface area contributed by atoms with Crippen LogP contribution in [0.25, 0.3) is 16.9 Å². The van der Waals surface area contributed by atoms with E-state index in [0.29, 0.717) is 0 Å². The number of thiazole rings is 1. The van der Waals surface area contributed by atoms with Crippen molar-refractivity contribution in [1.29, 1.82) is 0 Å². The lowest BCUT2D eigenvalue weighted by atomic mass is 10.1. The first-order valence-electron chi connectivity index (χ1n) is 8.18. The number of fused-ring (bicyclic) bond motifs is 1. The standard InChI is InChI=1S/C20H19N3OS/c1-13-5-4-10-23-12-16(21-20(13)23)11-18-22-19(14(2)25-18)15-6-8-17(24-3)9-7-15/h4-10,12H,11H2,1-3H3. The van der Waals surface area contributed by atoms with E-state index in [9.17, 15) is 0 Å². The zero-order chi connectivity index (χ0) is 17.4. The van der Waals surface area contributed by atoms with E-state index in [1.54, 1.807) is 18.4 Å². The van der Waals surface area contributed by atoms with Gasteiger partial charge < -0.3 is 9.14 Å². The summed E-state index contributed by atoms with van der Waals surface area (Å²) in [5.41, 5.74) is 5.41. The molecule has 4 nitrogen and oxygen atoms in total. The molecule has 3 heterocycles. The maximum atomic E-state index is 5.23. The fraction of sp³-hybridized carbons (Fsp3) is 0.200. The Labute approximate surface area is 150 Å². The second-order valence-electron chi connectivity index (χ2n) is 6.07. The maximum Gasteiger partial charge on any atom is 0.139 e. The topological polar surface area (TPSA) is 39.4 Å². The molecule has 0 fully saturated rings. The van der Waals surface area contributed by atoms with E-state index < -0.39 is 0 Å². The predicted molar refractivity (Wildman–Crippen MR) is 102 cm³/mol. The van der Waals surface area contributed by atoms with Crippen molar-refractivity contribution in [2.45, 2.75) is 20.3 Å². The molecule has 25 heavy (non-hydrogen) atoms. The smallest absolute Gasteiger partial charge is 0.139 e. The molecule has 0 unspecified atom stereocenters. The molecule has 0 bridgehead atoms. The highest BCUT2D eigenvalue weighted by molar-refractivity contribution is 7.12. The van der Waals surface area contributed by atoms with Gasteiger partial charge in [0.05, 0.1) is 23.5 Å². The van der Waals surface area contributed by atoms with Gasteiger partial charge in [0.15, 0.2) is 0 Å². The number of nitrogens with zero attached hydrogens (tertiary/aromatic N) is 3. The van der Waals surface area contributed by atoms with Crippen LogP contribution < -0.4 is 4.74 Å². The van der Waals surface area contributed by atoms with Crippen molar-refractivity contribution in [3.8, 4) is 17.0 Å². The average molecular weight is 349 g/mol. The fourth-order valence-corrected chi connectivity index (χ4v) is 3.96. The second kappa shape index (κ2) is 6.33. The molecule has 0 saturated carbocycles. The highest BCUT2D eigenvalue weighted by Gasteiger charge is 2.12. The quantitative estimate of drug-likeness (QED) is 0.537. The van der Waals surface area contributed by atoms with Crippen LogP contribution in [0.2, 0.25) is 0 Å². The average Bonchev–Trinajstić information content (AvgIpc) is 3.19. The minimum absolute atomic E-state index is 0.753. The summed E-state index contributed by atoms with van der Waals surface area (Å²) < 4.78 is 7.31. The van der Waals surface area contributed by atoms with Crippen molar-refractivity contribution in [2.24, 2.45) is 0 Å². The molecule has 126 valence electrons. The van der Waals surface area contributed by atoms with E-state index >= 15 is 0 Å². The van der Waals surface area contributed by atoms with Gasteiger partial charge >= 0.3 is 0 Å². The van der Waals surface area contributed by atoms with Gasteiger partial charge in [-0.3, -0.25) is 0 Å². The Morgan fingerprint density at radius 1 is 1.08 bits per heavy atom. The van der Waals surface area contributed by atoms with Crippen molar-refractivity contribution >= 4 is 17.0 Å². The van der Waals surface area contributed by atoms with Gasteiger partial charge in [0.1, 0.15) is 11.4 Å². The van der Waals surface area contributed by atoms with Gasteiger partial charge in [-0.15, -0.1) is 11.3 Å². The third-order valence-electron chi connectivity index (χ3n) is 4.26. The largest absolute Gasteiger partial charge is 0.497 e. The van der Waals surface area contributed by atoms with E-state index in [1.165, 1.54) is 10.4 Å². The Balaban J connectivity index is 1.63. The molecule has 0 amide bonds. The van der Waals surface area contributed by atoms with Crippen molar-refractivity contribution in [3.63, 3.8) is 0 Å². The molecule has 5 heteroatoms. The third kappa shape index (κ3) is 3.03. The molecule has 0 aliphatic heterocycles. The summed E-state index contributed by atoms with van der Waals surface area (Å²) in [5, 5.41) is 1.09. The van der Waals surface area contributed by atoms with E-state index in [4.69, 9.17) is 14.7 Å². The van der Waals surface area contributed by atoms with E-state index in [2.05, 4.69) is 42.6 Å². The lowest BCUT2D eigenvalue weighted by molar-refractivity contribution is 0.415. The van der Waals surface area contributed by atoms with Gasteiger partial charge in [-0.05, 0) is 49.7 Å². The van der Waals surface area contributed by atoms with Crippen LogP contribution >= 0.6 is 11.3 Å². The monoisotopic (exact) mass is 349 g/mol. The molecule has 0 aliphatic rings. The summed E-state index contributed by atoms with van der Waals surface area (Å²) in [5.74, 6) is 0.858. The minimum Gasteiger partial charge on any atom is -0.497 e. The van der Waals surface area contributed by atoms with Gasteiger partial charge in [0.2, 0.25) is 0 Å². The summed E-state index contributed by atoms with van der Waals surface area (Å²) in [6.45, 7) is 4.20. The Morgan fingerprint density at radius 3 is 2.60 bits per heavy atom. The first-order chi connectivity index (χ1) is 12.1. The Morgan fingerprint density at radius 2 is 1.88 bits per heavy atom. The summed E-state index contributed by atoms with van der Waals surface area (Å²) in [4.78, 5) is 10.8. The summed E-state index contributed by atoms with van der Waals surface area (Å²) in [7, 11) is 1.68. The van der Waals surface area contributed by atoms with Crippen LogP contribution in [-0.4, -0.2) is 21.5 Å². The lowest BCUT2D eigenvalue weighted by Crippen LogP contribution is -1.88. The molecule has 4 rings (SSSR count). The van der Waals surface area contributed by atoms with Crippen LogP contribution in [0.3, 0.4) is 0 Å². The van der Waals surface area contributed by atoms with Gasteiger partial charge in [0, 0.05) is 29.3 Å². The Hall–Kier alpha value is -2.66. The zero-order valence-corrected chi connectivity index (χ0v) is 15.3. The molecular weight excluding hydrogens is 330 g/mol. The minimum atomic E-state index is 0.753. The van der Waals surface area contributed by atoms with E-state index in [-0.39, 0.29) is 0 Å². The van der Waals surface area contributed by atoms with Crippen LogP contribution in [0.15, 0.2) is 48.8 Å². The molecule has 0 radical (unpaired) electrons. The number of rotatable bonds is 4. The number of aryl methyl sites for hydroxylation is 2. The number of imidazole rings is 1. The van der Waals surface area contributed by atoms with Crippen LogP contribution in [0.1, 0.15) is 21.1 Å². The molecular formula is C20H19N3OS. The molecule has 0 saturated heterocycles. The molecule has 1 aromatic carbocycles. The van der Waals surface area contributed by atoms with Crippen molar-refractivity contribution in [3.05, 3.63) is 69.9 Å². The fourth-order valence-electron chi connectivity index (χ4n) is 2.99. The number of hydrogen-bond acceptors (Lipinski definition) is 4. The molecule has 0 aliphatic carbocycles. The number of ether oxygens (including phenoxy) is 1. The summed E-state index contributed by atoms with van der Waals surface area (Å²) in [6, 6.07) is 12.2. The molecule has 0 atom stereocenters. The van der Waals surface area contributed by atoms with Crippen LogP contribution in [-0.2, 0) is 6.42 Å². The van der Waals surface area contributed by atoms with Crippen LogP contribution in [0, 0.1) is 13.8 Å². The number of methoxy groups -OCH3 is 1. The van der Waals surface area contributed by atoms with Crippen molar-refractivity contribution < 1.29 is 4.74 Å². The molecule has 0 N–H and O–H groups in total. The zero-order valence-electron chi connectivity index (χ0n) is 14.5. The van der Waals surface area contributed by atoms with Gasteiger partial charge in [0.25, 0.3) is 0 Å². The van der Waals surface area contributed by atoms with Crippen molar-refractivity contribution in [1.82, 2.24) is 14.4 Å². The van der Waals surface area contributed by atoms with Gasteiger partial charge in [-0.25, -0.2) is 9.97 Å².